The van der Waals surface area contributed by atoms with Crippen molar-refractivity contribution >= 4 is 23.7 Å². The van der Waals surface area contributed by atoms with Crippen LogP contribution in [0.4, 0.5) is 5.69 Å². The fourth-order valence-electron chi connectivity index (χ4n) is 3.37. The van der Waals surface area contributed by atoms with E-state index in [0.717, 1.165) is 45.9 Å². The highest BCUT2D eigenvalue weighted by molar-refractivity contribution is 5.97. The third kappa shape index (κ3) is 3.49. The van der Waals surface area contributed by atoms with Crippen molar-refractivity contribution in [3.8, 4) is 11.3 Å². The molecule has 3 heterocycles. The number of amides is 1. The molecule has 2 N–H and O–H groups in total. The number of aromatic amines is 1. The Morgan fingerprint density at radius 1 is 1.11 bits per heavy atom. The standard InChI is InChI=1S/C22H22N4O/c1-26(2)21-6-4-3-5-15(21)7-8-17-13-16(9-11-23-17)20-14-18-19(25-20)10-12-24-22(18)27/h3-9,11,13-14,25H,10,12H2,1-2H3,(H,24,27). The summed E-state index contributed by atoms with van der Waals surface area (Å²) in [7, 11) is 4.07. The van der Waals surface area contributed by atoms with E-state index in [1.54, 1.807) is 6.20 Å². The molecule has 0 radical (unpaired) electrons. The van der Waals surface area contributed by atoms with Crippen molar-refractivity contribution in [3.05, 3.63) is 71.2 Å². The van der Waals surface area contributed by atoms with Gasteiger partial charge in [-0.3, -0.25) is 9.78 Å². The first kappa shape index (κ1) is 17.1. The van der Waals surface area contributed by atoms with Gasteiger partial charge in [-0.05, 0) is 35.9 Å². The van der Waals surface area contributed by atoms with Crippen LogP contribution in [0.1, 0.15) is 27.3 Å². The molecular formula is C22H22N4O. The van der Waals surface area contributed by atoms with E-state index in [9.17, 15) is 4.79 Å². The Balaban J connectivity index is 1.63. The molecule has 1 aromatic carbocycles. The van der Waals surface area contributed by atoms with Crippen molar-refractivity contribution in [3.63, 3.8) is 0 Å². The van der Waals surface area contributed by atoms with E-state index in [1.807, 2.05) is 50.5 Å². The zero-order valence-electron chi connectivity index (χ0n) is 15.5. The maximum atomic E-state index is 12.0. The van der Waals surface area contributed by atoms with Gasteiger partial charge < -0.3 is 15.2 Å². The van der Waals surface area contributed by atoms with Crippen LogP contribution in [0, 0.1) is 0 Å². The van der Waals surface area contributed by atoms with E-state index in [2.05, 4.69) is 38.4 Å². The first-order valence-corrected chi connectivity index (χ1v) is 9.03. The second kappa shape index (κ2) is 7.11. The largest absolute Gasteiger partial charge is 0.377 e. The number of benzene rings is 1. The molecule has 0 bridgehead atoms. The number of para-hydroxylation sites is 1. The Hall–Kier alpha value is -3.34. The van der Waals surface area contributed by atoms with Crippen molar-refractivity contribution in [2.45, 2.75) is 6.42 Å². The number of pyridine rings is 1. The Bertz CT molecular complexity index is 1020. The molecule has 0 fully saturated rings. The number of hydrogen-bond donors (Lipinski definition) is 2. The predicted molar refractivity (Wildman–Crippen MR) is 110 cm³/mol. The molecule has 1 aliphatic rings. The minimum absolute atomic E-state index is 0.00628. The Morgan fingerprint density at radius 2 is 1.96 bits per heavy atom. The molecule has 0 saturated carbocycles. The molecule has 4 rings (SSSR count). The number of rotatable bonds is 4. The minimum atomic E-state index is -0.00628. The Kier molecular flexibility index (Phi) is 4.50. The smallest absolute Gasteiger partial charge is 0.253 e. The molecule has 0 unspecified atom stereocenters. The summed E-state index contributed by atoms with van der Waals surface area (Å²) in [4.78, 5) is 21.9. The topological polar surface area (TPSA) is 61.0 Å². The molecule has 1 aliphatic heterocycles. The number of carbonyl (C=O) groups excluding carboxylic acids is 1. The molecule has 27 heavy (non-hydrogen) atoms. The van der Waals surface area contributed by atoms with Crippen LogP contribution in [0.3, 0.4) is 0 Å². The molecule has 3 aromatic rings. The molecule has 0 aliphatic carbocycles. The van der Waals surface area contributed by atoms with Crippen molar-refractivity contribution in [2.75, 3.05) is 25.5 Å². The highest BCUT2D eigenvalue weighted by Gasteiger charge is 2.19. The quantitative estimate of drug-likeness (QED) is 0.749. The number of carbonyl (C=O) groups is 1. The van der Waals surface area contributed by atoms with Gasteiger partial charge in [0.05, 0.1) is 11.3 Å². The summed E-state index contributed by atoms with van der Waals surface area (Å²) in [6.45, 7) is 0.682. The molecule has 5 heteroatoms. The van der Waals surface area contributed by atoms with Gasteiger partial charge >= 0.3 is 0 Å². The van der Waals surface area contributed by atoms with Gasteiger partial charge in [0, 0.05) is 55.9 Å². The van der Waals surface area contributed by atoms with Crippen molar-refractivity contribution < 1.29 is 4.79 Å². The van der Waals surface area contributed by atoms with E-state index < -0.39 is 0 Å². The molecular weight excluding hydrogens is 336 g/mol. The van der Waals surface area contributed by atoms with Gasteiger partial charge in [0.1, 0.15) is 0 Å². The maximum Gasteiger partial charge on any atom is 0.253 e. The first-order chi connectivity index (χ1) is 13.1. The molecule has 0 saturated heterocycles. The number of anilines is 1. The van der Waals surface area contributed by atoms with Crippen LogP contribution < -0.4 is 10.2 Å². The number of nitrogens with zero attached hydrogens (tertiary/aromatic N) is 2. The third-order valence-corrected chi connectivity index (χ3v) is 4.75. The van der Waals surface area contributed by atoms with Crippen LogP contribution in [0.2, 0.25) is 0 Å². The Morgan fingerprint density at radius 3 is 2.78 bits per heavy atom. The summed E-state index contributed by atoms with van der Waals surface area (Å²) in [5, 5.41) is 2.88. The van der Waals surface area contributed by atoms with Crippen LogP contribution in [0.15, 0.2) is 48.7 Å². The summed E-state index contributed by atoms with van der Waals surface area (Å²) < 4.78 is 0. The number of nitrogens with one attached hydrogen (secondary N) is 2. The minimum Gasteiger partial charge on any atom is -0.377 e. The lowest BCUT2D eigenvalue weighted by Crippen LogP contribution is -2.31. The number of H-pyrrole nitrogens is 1. The van der Waals surface area contributed by atoms with Crippen LogP contribution in [0.25, 0.3) is 23.4 Å². The van der Waals surface area contributed by atoms with Gasteiger partial charge in [-0.25, -0.2) is 0 Å². The zero-order chi connectivity index (χ0) is 18.8. The SMILES string of the molecule is CN(C)c1ccccc1C=Cc1cc(-c2cc3c([nH]2)CCNC3=O)ccn1. The van der Waals surface area contributed by atoms with Gasteiger partial charge in [-0.1, -0.05) is 24.3 Å². The predicted octanol–water partition coefficient (Wildman–Crippen LogP) is 3.60. The van der Waals surface area contributed by atoms with Gasteiger partial charge in [0.15, 0.2) is 0 Å². The van der Waals surface area contributed by atoms with Gasteiger partial charge in [-0.15, -0.1) is 0 Å². The second-order valence-electron chi connectivity index (χ2n) is 6.84. The second-order valence-corrected chi connectivity index (χ2v) is 6.84. The van der Waals surface area contributed by atoms with Crippen LogP contribution in [-0.2, 0) is 6.42 Å². The maximum absolute atomic E-state index is 12.0. The molecule has 5 nitrogen and oxygen atoms in total. The summed E-state index contributed by atoms with van der Waals surface area (Å²) in [5.41, 5.74) is 6.89. The molecule has 0 atom stereocenters. The fraction of sp³-hybridized carbons (Fsp3) is 0.182. The third-order valence-electron chi connectivity index (χ3n) is 4.75. The monoisotopic (exact) mass is 358 g/mol. The fourth-order valence-corrected chi connectivity index (χ4v) is 3.37. The van der Waals surface area contributed by atoms with E-state index in [-0.39, 0.29) is 5.91 Å². The molecule has 1 amide bonds. The number of aromatic nitrogens is 2. The summed E-state index contributed by atoms with van der Waals surface area (Å²) >= 11 is 0. The van der Waals surface area contributed by atoms with Crippen LogP contribution in [0.5, 0.6) is 0 Å². The van der Waals surface area contributed by atoms with Crippen molar-refractivity contribution in [1.29, 1.82) is 0 Å². The molecule has 0 spiro atoms. The van der Waals surface area contributed by atoms with Gasteiger partial charge in [0.25, 0.3) is 5.91 Å². The van der Waals surface area contributed by atoms with E-state index in [0.29, 0.717) is 6.54 Å². The normalized spacial score (nSPS) is 13.5. The molecule has 136 valence electrons. The van der Waals surface area contributed by atoms with Crippen LogP contribution >= 0.6 is 0 Å². The van der Waals surface area contributed by atoms with E-state index in [1.165, 1.54) is 0 Å². The lowest BCUT2D eigenvalue weighted by Gasteiger charge is -2.15. The Labute approximate surface area is 158 Å². The van der Waals surface area contributed by atoms with E-state index >= 15 is 0 Å². The summed E-state index contributed by atoms with van der Waals surface area (Å²) in [5.74, 6) is -0.00628. The van der Waals surface area contributed by atoms with Gasteiger partial charge in [-0.2, -0.15) is 0 Å². The average molecular weight is 358 g/mol. The summed E-state index contributed by atoms with van der Waals surface area (Å²) in [6.07, 6.45) is 6.73. The average Bonchev–Trinajstić information content (AvgIpc) is 3.13. The molecule has 2 aromatic heterocycles. The lowest BCUT2D eigenvalue weighted by molar-refractivity contribution is 0.0946. The highest BCUT2D eigenvalue weighted by atomic mass is 16.1. The van der Waals surface area contributed by atoms with Crippen molar-refractivity contribution in [2.24, 2.45) is 0 Å². The zero-order valence-corrected chi connectivity index (χ0v) is 15.5. The lowest BCUT2D eigenvalue weighted by atomic mass is 10.1. The first-order valence-electron chi connectivity index (χ1n) is 9.03. The highest BCUT2D eigenvalue weighted by Crippen LogP contribution is 2.25. The number of fused-ring (bicyclic) bond motifs is 1. The number of hydrogen-bond acceptors (Lipinski definition) is 3. The summed E-state index contributed by atoms with van der Waals surface area (Å²) in [6, 6.07) is 14.2. The van der Waals surface area contributed by atoms with Crippen molar-refractivity contribution in [1.82, 2.24) is 15.3 Å². The van der Waals surface area contributed by atoms with E-state index in [4.69, 9.17) is 0 Å². The van der Waals surface area contributed by atoms with Gasteiger partial charge in [0.2, 0.25) is 0 Å². The van der Waals surface area contributed by atoms with Crippen LogP contribution in [-0.4, -0.2) is 36.5 Å².